The number of piperazine rings is 1. The summed E-state index contributed by atoms with van der Waals surface area (Å²) in [5.74, 6) is 0.356. The molecule has 2 atom stereocenters. The van der Waals surface area contributed by atoms with Gasteiger partial charge in [-0.15, -0.1) is 0 Å². The largest absolute Gasteiger partial charge is 0.338 e. The van der Waals surface area contributed by atoms with Crippen LogP contribution in [0.4, 0.5) is 0 Å². The number of unbranched alkanes of at least 4 members (excludes halogenated alkanes) is 1. The predicted molar refractivity (Wildman–Crippen MR) is 80.1 cm³/mol. The standard InChI is InChI=1S/C15H29N3O2/c1-5-6-7-13(19)18-9-8-17(10-12(18)4)15(20)14(16)11(2)3/h11-12,14H,5-10,16H2,1-4H3/t12-,14-/m0/s1. The topological polar surface area (TPSA) is 66.6 Å². The van der Waals surface area contributed by atoms with E-state index in [-0.39, 0.29) is 23.8 Å². The Labute approximate surface area is 122 Å². The molecule has 0 spiro atoms. The van der Waals surface area contributed by atoms with Gasteiger partial charge in [-0.2, -0.15) is 0 Å². The number of nitrogens with two attached hydrogens (primary N) is 1. The molecule has 20 heavy (non-hydrogen) atoms. The normalized spacial score (nSPS) is 21.2. The Kier molecular flexibility index (Phi) is 6.46. The van der Waals surface area contributed by atoms with Crippen LogP contribution in [-0.4, -0.2) is 53.3 Å². The fourth-order valence-electron chi connectivity index (χ4n) is 2.50. The van der Waals surface area contributed by atoms with Crippen LogP contribution in [0.1, 0.15) is 47.0 Å². The zero-order valence-corrected chi connectivity index (χ0v) is 13.3. The van der Waals surface area contributed by atoms with Crippen LogP contribution in [0.25, 0.3) is 0 Å². The molecule has 116 valence electrons. The van der Waals surface area contributed by atoms with Crippen molar-refractivity contribution in [3.8, 4) is 0 Å². The molecule has 0 aromatic rings. The summed E-state index contributed by atoms with van der Waals surface area (Å²) in [4.78, 5) is 28.0. The monoisotopic (exact) mass is 283 g/mol. The summed E-state index contributed by atoms with van der Waals surface area (Å²) in [5.41, 5.74) is 5.92. The molecular formula is C15H29N3O2. The summed E-state index contributed by atoms with van der Waals surface area (Å²) in [5, 5.41) is 0. The van der Waals surface area contributed by atoms with E-state index >= 15 is 0 Å². The molecule has 1 rings (SSSR count). The van der Waals surface area contributed by atoms with E-state index in [1.807, 2.05) is 25.7 Å². The maximum absolute atomic E-state index is 12.2. The minimum atomic E-state index is -0.440. The number of hydrogen-bond donors (Lipinski definition) is 1. The molecular weight excluding hydrogens is 254 g/mol. The SMILES string of the molecule is CCCCC(=O)N1CCN(C(=O)[C@@H](N)C(C)C)C[C@@H]1C. The highest BCUT2D eigenvalue weighted by atomic mass is 16.2. The van der Waals surface area contributed by atoms with Crippen LogP contribution in [-0.2, 0) is 9.59 Å². The van der Waals surface area contributed by atoms with Crippen molar-refractivity contribution in [3.05, 3.63) is 0 Å². The minimum Gasteiger partial charge on any atom is -0.338 e. The molecule has 0 unspecified atom stereocenters. The maximum Gasteiger partial charge on any atom is 0.239 e. The molecule has 0 radical (unpaired) electrons. The minimum absolute atomic E-state index is 0.00695. The smallest absolute Gasteiger partial charge is 0.239 e. The molecule has 5 nitrogen and oxygen atoms in total. The third-order valence-corrected chi connectivity index (χ3v) is 4.01. The molecule has 1 heterocycles. The van der Waals surface area contributed by atoms with Gasteiger partial charge in [-0.05, 0) is 19.3 Å². The number of amides is 2. The number of hydrogen-bond acceptors (Lipinski definition) is 3. The molecule has 0 bridgehead atoms. The Balaban J connectivity index is 2.54. The Bertz CT molecular complexity index is 344. The van der Waals surface area contributed by atoms with E-state index in [1.165, 1.54) is 0 Å². The highest BCUT2D eigenvalue weighted by molar-refractivity contribution is 5.82. The van der Waals surface area contributed by atoms with Gasteiger partial charge in [0, 0.05) is 32.1 Å². The van der Waals surface area contributed by atoms with Crippen LogP contribution >= 0.6 is 0 Å². The molecule has 0 saturated carbocycles. The summed E-state index contributed by atoms with van der Waals surface area (Å²) in [6, 6.07) is -0.360. The van der Waals surface area contributed by atoms with Gasteiger partial charge in [0.25, 0.3) is 0 Å². The Morgan fingerprint density at radius 2 is 1.95 bits per heavy atom. The lowest BCUT2D eigenvalue weighted by atomic mass is 10.0. The maximum atomic E-state index is 12.2. The lowest BCUT2D eigenvalue weighted by Gasteiger charge is -2.41. The lowest BCUT2D eigenvalue weighted by molar-refractivity contribution is -0.143. The van der Waals surface area contributed by atoms with E-state index in [0.717, 1.165) is 12.8 Å². The van der Waals surface area contributed by atoms with Gasteiger partial charge in [0.2, 0.25) is 11.8 Å². The van der Waals surface area contributed by atoms with Crippen LogP contribution in [0.15, 0.2) is 0 Å². The van der Waals surface area contributed by atoms with Gasteiger partial charge in [0.15, 0.2) is 0 Å². The van der Waals surface area contributed by atoms with Gasteiger partial charge in [0.05, 0.1) is 6.04 Å². The second kappa shape index (κ2) is 7.62. The van der Waals surface area contributed by atoms with Crippen LogP contribution < -0.4 is 5.73 Å². The van der Waals surface area contributed by atoms with Crippen molar-refractivity contribution >= 4 is 11.8 Å². The molecule has 1 aliphatic heterocycles. The van der Waals surface area contributed by atoms with E-state index < -0.39 is 6.04 Å². The van der Waals surface area contributed by atoms with E-state index in [1.54, 1.807) is 4.90 Å². The van der Waals surface area contributed by atoms with Crippen molar-refractivity contribution in [2.24, 2.45) is 11.7 Å². The Morgan fingerprint density at radius 3 is 2.45 bits per heavy atom. The van der Waals surface area contributed by atoms with Crippen molar-refractivity contribution in [1.82, 2.24) is 9.80 Å². The number of rotatable bonds is 5. The van der Waals surface area contributed by atoms with E-state index in [9.17, 15) is 9.59 Å². The van der Waals surface area contributed by atoms with Crippen LogP contribution in [0.5, 0.6) is 0 Å². The molecule has 5 heteroatoms. The zero-order valence-electron chi connectivity index (χ0n) is 13.3. The molecule has 1 fully saturated rings. The highest BCUT2D eigenvalue weighted by Crippen LogP contribution is 2.14. The average Bonchev–Trinajstić information content (AvgIpc) is 2.42. The molecule has 0 aromatic heterocycles. The van der Waals surface area contributed by atoms with Crippen molar-refractivity contribution in [2.45, 2.75) is 59.0 Å². The summed E-state index contributed by atoms with van der Waals surface area (Å²) in [6.07, 6.45) is 2.57. The number of carbonyl (C=O) groups is 2. The van der Waals surface area contributed by atoms with Crippen molar-refractivity contribution in [3.63, 3.8) is 0 Å². The first-order valence-corrected chi connectivity index (χ1v) is 7.72. The van der Waals surface area contributed by atoms with Crippen LogP contribution in [0.3, 0.4) is 0 Å². The van der Waals surface area contributed by atoms with Gasteiger partial charge >= 0.3 is 0 Å². The summed E-state index contributed by atoms with van der Waals surface area (Å²) in [7, 11) is 0. The van der Waals surface area contributed by atoms with Gasteiger partial charge in [-0.25, -0.2) is 0 Å². The molecule has 2 N–H and O–H groups in total. The first-order chi connectivity index (χ1) is 9.38. The summed E-state index contributed by atoms with van der Waals surface area (Å²) in [6.45, 7) is 9.82. The fraction of sp³-hybridized carbons (Fsp3) is 0.867. The third-order valence-electron chi connectivity index (χ3n) is 4.01. The molecule has 0 aromatic carbocycles. The van der Waals surface area contributed by atoms with Crippen LogP contribution in [0.2, 0.25) is 0 Å². The summed E-state index contributed by atoms with van der Waals surface area (Å²) >= 11 is 0. The molecule has 1 saturated heterocycles. The van der Waals surface area contributed by atoms with Crippen molar-refractivity contribution < 1.29 is 9.59 Å². The second-order valence-electron chi connectivity index (χ2n) is 6.09. The zero-order chi connectivity index (χ0) is 15.3. The second-order valence-corrected chi connectivity index (χ2v) is 6.09. The molecule has 1 aliphatic rings. The van der Waals surface area contributed by atoms with Gasteiger partial charge < -0.3 is 15.5 Å². The highest BCUT2D eigenvalue weighted by Gasteiger charge is 2.31. The van der Waals surface area contributed by atoms with Crippen molar-refractivity contribution in [1.29, 1.82) is 0 Å². The lowest BCUT2D eigenvalue weighted by Crippen LogP contribution is -2.58. The predicted octanol–water partition coefficient (Wildman–Crippen LogP) is 1.22. The van der Waals surface area contributed by atoms with E-state index in [2.05, 4.69) is 6.92 Å². The number of carbonyl (C=O) groups excluding carboxylic acids is 2. The fourth-order valence-corrected chi connectivity index (χ4v) is 2.50. The van der Waals surface area contributed by atoms with E-state index in [4.69, 9.17) is 5.73 Å². The Hall–Kier alpha value is -1.10. The molecule has 2 amide bonds. The van der Waals surface area contributed by atoms with Crippen LogP contribution in [0, 0.1) is 5.92 Å². The first-order valence-electron chi connectivity index (χ1n) is 7.72. The quantitative estimate of drug-likeness (QED) is 0.825. The number of nitrogens with zero attached hydrogens (tertiary/aromatic N) is 2. The summed E-state index contributed by atoms with van der Waals surface area (Å²) < 4.78 is 0. The van der Waals surface area contributed by atoms with E-state index in [0.29, 0.717) is 26.1 Å². The average molecular weight is 283 g/mol. The van der Waals surface area contributed by atoms with Gasteiger partial charge in [-0.1, -0.05) is 27.2 Å². The molecule has 0 aliphatic carbocycles. The van der Waals surface area contributed by atoms with Gasteiger partial charge in [0.1, 0.15) is 0 Å². The Morgan fingerprint density at radius 1 is 1.30 bits per heavy atom. The van der Waals surface area contributed by atoms with Crippen molar-refractivity contribution in [2.75, 3.05) is 19.6 Å². The van der Waals surface area contributed by atoms with Gasteiger partial charge in [-0.3, -0.25) is 9.59 Å². The third kappa shape index (κ3) is 4.20. The first kappa shape index (κ1) is 17.0.